The van der Waals surface area contributed by atoms with E-state index in [4.69, 9.17) is 40.2 Å². The fraction of sp³-hybridized carbons (Fsp3) is 0.0667. The first-order chi connectivity index (χ1) is 10.7. The van der Waals surface area contributed by atoms with Gasteiger partial charge < -0.3 is 4.74 Å². The molecular formula is C15H11Cl2N3OS. The minimum atomic E-state index is 0.235. The van der Waals surface area contributed by atoms with E-state index in [-0.39, 0.29) is 6.61 Å². The number of aromatic nitrogens is 3. The number of nitrogens with one attached hydrogen (secondary N) is 1. The van der Waals surface area contributed by atoms with Crippen molar-refractivity contribution in [3.63, 3.8) is 0 Å². The van der Waals surface area contributed by atoms with Crippen molar-refractivity contribution in [3.05, 3.63) is 69.2 Å². The molecule has 7 heteroatoms. The molecule has 0 bridgehead atoms. The van der Waals surface area contributed by atoms with Gasteiger partial charge in [0.1, 0.15) is 12.4 Å². The van der Waals surface area contributed by atoms with E-state index in [1.165, 1.54) is 0 Å². The van der Waals surface area contributed by atoms with E-state index in [2.05, 4.69) is 10.2 Å². The van der Waals surface area contributed by atoms with E-state index in [0.29, 0.717) is 26.3 Å². The normalized spacial score (nSPS) is 10.6. The second-order valence-electron chi connectivity index (χ2n) is 4.45. The van der Waals surface area contributed by atoms with E-state index >= 15 is 0 Å². The number of hydrogen-bond acceptors (Lipinski definition) is 3. The van der Waals surface area contributed by atoms with Crippen molar-refractivity contribution in [2.75, 3.05) is 0 Å². The monoisotopic (exact) mass is 351 g/mol. The van der Waals surface area contributed by atoms with Crippen LogP contribution in [0.15, 0.2) is 48.5 Å². The van der Waals surface area contributed by atoms with Crippen LogP contribution in [-0.2, 0) is 6.61 Å². The lowest BCUT2D eigenvalue weighted by Crippen LogP contribution is -2.06. The largest absolute Gasteiger partial charge is 0.486 e. The highest BCUT2D eigenvalue weighted by Crippen LogP contribution is 2.29. The highest BCUT2D eigenvalue weighted by Gasteiger charge is 2.15. The van der Waals surface area contributed by atoms with Gasteiger partial charge in [0.05, 0.1) is 15.7 Å². The van der Waals surface area contributed by atoms with Gasteiger partial charge in [-0.3, -0.25) is 9.67 Å². The molecule has 0 unspecified atom stereocenters. The van der Waals surface area contributed by atoms with Crippen LogP contribution in [-0.4, -0.2) is 14.8 Å². The van der Waals surface area contributed by atoms with Gasteiger partial charge >= 0.3 is 0 Å². The van der Waals surface area contributed by atoms with Crippen LogP contribution in [0, 0.1) is 4.77 Å². The molecular weight excluding hydrogens is 341 g/mol. The summed E-state index contributed by atoms with van der Waals surface area (Å²) < 4.78 is 7.80. The number of para-hydroxylation sites is 2. The predicted molar refractivity (Wildman–Crippen MR) is 89.5 cm³/mol. The van der Waals surface area contributed by atoms with Crippen LogP contribution in [0.25, 0.3) is 5.69 Å². The molecule has 0 atom stereocenters. The maximum atomic E-state index is 6.25. The molecule has 0 saturated carbocycles. The number of H-pyrrole nitrogens is 1. The Balaban J connectivity index is 1.97. The summed E-state index contributed by atoms with van der Waals surface area (Å²) in [7, 11) is 0. The predicted octanol–water partition coefficient (Wildman–Crippen LogP) is 4.82. The Morgan fingerprint density at radius 2 is 1.73 bits per heavy atom. The topological polar surface area (TPSA) is 42.8 Å². The summed E-state index contributed by atoms with van der Waals surface area (Å²) in [6, 6.07) is 14.7. The zero-order chi connectivity index (χ0) is 15.5. The van der Waals surface area contributed by atoms with Crippen molar-refractivity contribution in [2.24, 2.45) is 0 Å². The molecule has 4 nitrogen and oxygen atoms in total. The minimum absolute atomic E-state index is 0.235. The molecule has 0 fully saturated rings. The SMILES string of the molecule is S=c1[nH]nc(COc2ccccc2)n1-c1c(Cl)cccc1Cl. The van der Waals surface area contributed by atoms with Crippen molar-refractivity contribution in [2.45, 2.75) is 6.61 Å². The molecule has 1 aromatic heterocycles. The first-order valence-corrected chi connectivity index (χ1v) is 7.62. The molecule has 0 amide bonds. The molecule has 1 heterocycles. The Morgan fingerprint density at radius 1 is 1.05 bits per heavy atom. The molecule has 0 aliphatic rings. The average Bonchev–Trinajstić information content (AvgIpc) is 2.87. The van der Waals surface area contributed by atoms with Crippen molar-refractivity contribution in [1.82, 2.24) is 14.8 Å². The number of nitrogens with zero attached hydrogens (tertiary/aromatic N) is 2. The van der Waals surface area contributed by atoms with Crippen LogP contribution < -0.4 is 4.74 Å². The Bertz CT molecular complexity index is 825. The molecule has 0 radical (unpaired) electrons. The highest BCUT2D eigenvalue weighted by molar-refractivity contribution is 7.71. The summed E-state index contributed by atoms with van der Waals surface area (Å²) in [5, 5.41) is 7.92. The number of aromatic amines is 1. The zero-order valence-electron chi connectivity index (χ0n) is 11.3. The van der Waals surface area contributed by atoms with Gasteiger partial charge in [-0.15, -0.1) is 0 Å². The van der Waals surface area contributed by atoms with Crippen LogP contribution in [0.4, 0.5) is 0 Å². The van der Waals surface area contributed by atoms with Crippen molar-refractivity contribution >= 4 is 35.4 Å². The van der Waals surface area contributed by atoms with Crippen LogP contribution in [0.1, 0.15) is 5.82 Å². The fourth-order valence-electron chi connectivity index (χ4n) is 2.02. The lowest BCUT2D eigenvalue weighted by atomic mass is 10.3. The average molecular weight is 352 g/mol. The highest BCUT2D eigenvalue weighted by atomic mass is 35.5. The molecule has 0 saturated heterocycles. The number of ether oxygens (including phenoxy) is 1. The third-order valence-electron chi connectivity index (χ3n) is 3.01. The lowest BCUT2D eigenvalue weighted by Gasteiger charge is -2.11. The van der Waals surface area contributed by atoms with Gasteiger partial charge in [-0.25, -0.2) is 0 Å². The Labute approximate surface area is 142 Å². The zero-order valence-corrected chi connectivity index (χ0v) is 13.6. The Morgan fingerprint density at radius 3 is 2.41 bits per heavy atom. The van der Waals surface area contributed by atoms with Crippen LogP contribution in [0.3, 0.4) is 0 Å². The first-order valence-electron chi connectivity index (χ1n) is 6.45. The smallest absolute Gasteiger partial charge is 0.200 e. The molecule has 2 aromatic carbocycles. The minimum Gasteiger partial charge on any atom is -0.486 e. The second kappa shape index (κ2) is 6.52. The molecule has 112 valence electrons. The molecule has 3 aromatic rings. The van der Waals surface area contributed by atoms with E-state index in [9.17, 15) is 0 Å². The van der Waals surface area contributed by atoms with Crippen molar-refractivity contribution < 1.29 is 4.74 Å². The summed E-state index contributed by atoms with van der Waals surface area (Å²) in [4.78, 5) is 0. The van der Waals surface area contributed by atoms with Gasteiger partial charge in [0.2, 0.25) is 0 Å². The molecule has 0 aliphatic carbocycles. The van der Waals surface area contributed by atoms with Crippen molar-refractivity contribution in [1.29, 1.82) is 0 Å². The van der Waals surface area contributed by atoms with E-state index < -0.39 is 0 Å². The first kappa shape index (κ1) is 15.1. The van der Waals surface area contributed by atoms with Gasteiger partial charge in [-0.1, -0.05) is 47.5 Å². The second-order valence-corrected chi connectivity index (χ2v) is 5.65. The summed E-state index contributed by atoms with van der Waals surface area (Å²) >= 11 is 17.8. The number of hydrogen-bond donors (Lipinski definition) is 1. The van der Waals surface area contributed by atoms with Gasteiger partial charge in [0.25, 0.3) is 0 Å². The van der Waals surface area contributed by atoms with E-state index in [1.807, 2.05) is 30.3 Å². The van der Waals surface area contributed by atoms with Crippen molar-refractivity contribution in [3.8, 4) is 11.4 Å². The molecule has 1 N–H and O–H groups in total. The fourth-order valence-corrected chi connectivity index (χ4v) is 2.83. The Kier molecular flexibility index (Phi) is 4.47. The summed E-state index contributed by atoms with van der Waals surface area (Å²) in [6.45, 7) is 0.235. The maximum absolute atomic E-state index is 6.25. The number of rotatable bonds is 4. The van der Waals surface area contributed by atoms with E-state index in [0.717, 1.165) is 5.75 Å². The Hall–Kier alpha value is -1.82. The standard InChI is InChI=1S/C15H11Cl2N3OS/c16-11-7-4-8-12(17)14(11)20-13(18-19-15(20)22)9-21-10-5-2-1-3-6-10/h1-8H,9H2,(H,19,22). The van der Waals surface area contributed by atoms with E-state index in [1.54, 1.807) is 22.8 Å². The van der Waals surface area contributed by atoms with Gasteiger partial charge in [-0.2, -0.15) is 5.10 Å². The van der Waals surface area contributed by atoms with Crippen LogP contribution in [0.5, 0.6) is 5.75 Å². The summed E-state index contributed by atoms with van der Waals surface area (Å²) in [5.74, 6) is 1.33. The van der Waals surface area contributed by atoms with Gasteiger partial charge in [-0.05, 0) is 36.5 Å². The van der Waals surface area contributed by atoms with Crippen LogP contribution >= 0.6 is 35.4 Å². The third-order valence-corrected chi connectivity index (χ3v) is 3.90. The summed E-state index contributed by atoms with van der Waals surface area (Å²) in [6.07, 6.45) is 0. The number of halogens is 2. The summed E-state index contributed by atoms with van der Waals surface area (Å²) in [5.41, 5.74) is 0.594. The molecule has 0 aliphatic heterocycles. The quantitative estimate of drug-likeness (QED) is 0.685. The molecule has 0 spiro atoms. The van der Waals surface area contributed by atoms with Gasteiger partial charge in [0, 0.05) is 0 Å². The molecule has 3 rings (SSSR count). The molecule has 22 heavy (non-hydrogen) atoms. The number of benzene rings is 2. The third kappa shape index (κ3) is 3.02. The maximum Gasteiger partial charge on any atom is 0.200 e. The van der Waals surface area contributed by atoms with Crippen LogP contribution in [0.2, 0.25) is 10.0 Å². The lowest BCUT2D eigenvalue weighted by molar-refractivity contribution is 0.293. The van der Waals surface area contributed by atoms with Gasteiger partial charge in [0.15, 0.2) is 10.6 Å².